The van der Waals surface area contributed by atoms with Crippen molar-refractivity contribution in [2.45, 2.75) is 32.2 Å². The maximum Gasteiger partial charge on any atom is 0.125 e. The summed E-state index contributed by atoms with van der Waals surface area (Å²) in [4.78, 5) is 6.94. The largest absolute Gasteiger partial charge is 0.373 e. The maximum absolute atomic E-state index is 4.28. The molecule has 1 N–H and O–H groups in total. The first-order valence-corrected chi connectivity index (χ1v) is 7.18. The van der Waals surface area contributed by atoms with Crippen molar-refractivity contribution in [3.63, 3.8) is 0 Å². The minimum atomic E-state index is 0.977. The van der Waals surface area contributed by atoms with Crippen molar-refractivity contribution in [1.29, 1.82) is 0 Å². The Labute approximate surface area is 110 Å². The highest BCUT2D eigenvalue weighted by molar-refractivity contribution is 5.36. The lowest BCUT2D eigenvalue weighted by molar-refractivity contribution is 0.244. The summed E-state index contributed by atoms with van der Waals surface area (Å²) in [5.41, 5.74) is 1.38. The molecule has 0 aromatic carbocycles. The van der Waals surface area contributed by atoms with Crippen molar-refractivity contribution in [3.8, 4) is 0 Å². The molecule has 0 radical (unpaired) electrons. The van der Waals surface area contributed by atoms with Crippen molar-refractivity contribution in [2.24, 2.45) is 11.8 Å². The molecule has 0 bridgehead atoms. The fourth-order valence-corrected chi connectivity index (χ4v) is 2.50. The smallest absolute Gasteiger partial charge is 0.125 e. The summed E-state index contributed by atoms with van der Waals surface area (Å²) in [6.07, 6.45) is 7.69. The molecule has 1 heterocycles. The van der Waals surface area contributed by atoms with Crippen molar-refractivity contribution in [3.05, 3.63) is 23.9 Å². The van der Waals surface area contributed by atoms with Crippen LogP contribution in [0, 0.1) is 11.8 Å². The van der Waals surface area contributed by atoms with Crippen LogP contribution in [-0.4, -0.2) is 30.0 Å². The molecular formula is C15H23N3. The van der Waals surface area contributed by atoms with Crippen LogP contribution in [0.25, 0.3) is 0 Å². The van der Waals surface area contributed by atoms with Crippen LogP contribution in [0.3, 0.4) is 0 Å². The lowest BCUT2D eigenvalue weighted by Crippen LogP contribution is -2.27. The van der Waals surface area contributed by atoms with E-state index in [1.807, 2.05) is 13.2 Å². The molecular weight excluding hydrogens is 222 g/mol. The van der Waals surface area contributed by atoms with E-state index >= 15 is 0 Å². The predicted molar refractivity (Wildman–Crippen MR) is 74.5 cm³/mol. The second-order valence-corrected chi connectivity index (χ2v) is 5.88. The Morgan fingerprint density at radius 2 is 1.89 bits per heavy atom. The molecule has 2 fully saturated rings. The Hall–Kier alpha value is -1.09. The van der Waals surface area contributed by atoms with Crippen LogP contribution < -0.4 is 5.32 Å². The molecule has 0 atom stereocenters. The van der Waals surface area contributed by atoms with Gasteiger partial charge in [0.05, 0.1) is 0 Å². The highest BCUT2D eigenvalue weighted by atomic mass is 15.1. The number of hydrogen-bond acceptors (Lipinski definition) is 3. The quantitative estimate of drug-likeness (QED) is 0.800. The van der Waals surface area contributed by atoms with E-state index in [-0.39, 0.29) is 0 Å². The van der Waals surface area contributed by atoms with Crippen molar-refractivity contribution < 1.29 is 0 Å². The monoisotopic (exact) mass is 245 g/mol. The fourth-order valence-electron chi connectivity index (χ4n) is 2.50. The zero-order chi connectivity index (χ0) is 12.4. The van der Waals surface area contributed by atoms with Gasteiger partial charge in [-0.3, -0.25) is 4.90 Å². The normalized spacial score (nSPS) is 19.2. The Bertz CT molecular complexity index is 382. The van der Waals surface area contributed by atoms with Gasteiger partial charge in [-0.25, -0.2) is 4.98 Å². The van der Waals surface area contributed by atoms with Crippen LogP contribution in [-0.2, 0) is 6.54 Å². The third kappa shape index (κ3) is 3.45. The van der Waals surface area contributed by atoms with E-state index in [1.165, 1.54) is 44.3 Å². The molecule has 0 aliphatic heterocycles. The maximum atomic E-state index is 4.28. The summed E-state index contributed by atoms with van der Waals surface area (Å²) in [7, 11) is 1.93. The fraction of sp³-hybridized carbons (Fsp3) is 0.667. The summed E-state index contributed by atoms with van der Waals surface area (Å²) in [5, 5.41) is 3.12. The van der Waals surface area contributed by atoms with Gasteiger partial charge in [-0.05, 0) is 55.2 Å². The van der Waals surface area contributed by atoms with E-state index in [1.54, 1.807) is 0 Å². The third-order valence-electron chi connectivity index (χ3n) is 3.91. The number of aromatic nitrogens is 1. The Balaban J connectivity index is 1.61. The highest BCUT2D eigenvalue weighted by Crippen LogP contribution is 2.34. The van der Waals surface area contributed by atoms with E-state index in [0.29, 0.717) is 0 Å². The minimum absolute atomic E-state index is 0.977. The Morgan fingerprint density at radius 3 is 2.44 bits per heavy atom. The third-order valence-corrected chi connectivity index (χ3v) is 3.91. The standard InChI is InChI=1S/C15H23N3/c1-16-15-8-14(6-7-17-15)11-18(9-12-2-3-12)10-13-4-5-13/h6-8,12-13H,2-5,9-11H2,1H3,(H,16,17). The van der Waals surface area contributed by atoms with Gasteiger partial charge in [0.2, 0.25) is 0 Å². The molecule has 3 heteroatoms. The number of anilines is 1. The molecule has 2 aliphatic rings. The summed E-state index contributed by atoms with van der Waals surface area (Å²) >= 11 is 0. The van der Waals surface area contributed by atoms with E-state index in [4.69, 9.17) is 0 Å². The molecule has 98 valence electrons. The molecule has 2 saturated carbocycles. The van der Waals surface area contributed by atoms with Crippen LogP contribution in [0.4, 0.5) is 5.82 Å². The Morgan fingerprint density at radius 1 is 1.22 bits per heavy atom. The van der Waals surface area contributed by atoms with Gasteiger partial charge in [-0.2, -0.15) is 0 Å². The molecule has 0 amide bonds. The summed E-state index contributed by atoms with van der Waals surface area (Å²) in [6.45, 7) is 3.69. The van der Waals surface area contributed by atoms with E-state index < -0.39 is 0 Å². The molecule has 0 saturated heterocycles. The molecule has 0 unspecified atom stereocenters. The van der Waals surface area contributed by atoms with E-state index in [9.17, 15) is 0 Å². The van der Waals surface area contributed by atoms with Gasteiger partial charge in [0.1, 0.15) is 5.82 Å². The first-order valence-electron chi connectivity index (χ1n) is 7.18. The number of nitrogens with one attached hydrogen (secondary N) is 1. The van der Waals surface area contributed by atoms with Crippen LogP contribution >= 0.6 is 0 Å². The highest BCUT2D eigenvalue weighted by Gasteiger charge is 2.29. The molecule has 3 rings (SSSR count). The van der Waals surface area contributed by atoms with Gasteiger partial charge < -0.3 is 5.32 Å². The van der Waals surface area contributed by atoms with Gasteiger partial charge in [0.25, 0.3) is 0 Å². The number of rotatable bonds is 7. The first-order chi connectivity index (χ1) is 8.83. The number of nitrogens with zero attached hydrogens (tertiary/aromatic N) is 2. The van der Waals surface area contributed by atoms with Crippen molar-refractivity contribution >= 4 is 5.82 Å². The molecule has 18 heavy (non-hydrogen) atoms. The van der Waals surface area contributed by atoms with Gasteiger partial charge in [0, 0.05) is 32.9 Å². The van der Waals surface area contributed by atoms with Gasteiger partial charge in [-0.1, -0.05) is 0 Å². The van der Waals surface area contributed by atoms with Crippen LogP contribution in [0.1, 0.15) is 31.2 Å². The summed E-state index contributed by atoms with van der Waals surface area (Å²) in [6, 6.07) is 4.32. The van der Waals surface area contributed by atoms with E-state index in [2.05, 4.69) is 27.3 Å². The molecule has 3 nitrogen and oxygen atoms in total. The second-order valence-electron chi connectivity index (χ2n) is 5.88. The Kier molecular flexibility index (Phi) is 3.50. The topological polar surface area (TPSA) is 28.2 Å². The first kappa shape index (κ1) is 12.0. The molecule has 1 aromatic rings. The SMILES string of the molecule is CNc1cc(CN(CC2CC2)CC2CC2)ccn1. The van der Waals surface area contributed by atoms with Crippen LogP contribution in [0.15, 0.2) is 18.3 Å². The summed E-state index contributed by atoms with van der Waals surface area (Å²) < 4.78 is 0. The van der Waals surface area contributed by atoms with Crippen molar-refractivity contribution in [2.75, 3.05) is 25.5 Å². The summed E-state index contributed by atoms with van der Waals surface area (Å²) in [5.74, 6) is 2.94. The number of pyridine rings is 1. The van der Waals surface area contributed by atoms with Crippen LogP contribution in [0.2, 0.25) is 0 Å². The average molecular weight is 245 g/mol. The predicted octanol–water partition coefficient (Wildman–Crippen LogP) is 2.75. The second kappa shape index (κ2) is 5.27. The van der Waals surface area contributed by atoms with Crippen molar-refractivity contribution in [1.82, 2.24) is 9.88 Å². The van der Waals surface area contributed by atoms with Crippen LogP contribution in [0.5, 0.6) is 0 Å². The zero-order valence-corrected chi connectivity index (χ0v) is 11.2. The molecule has 0 spiro atoms. The van der Waals surface area contributed by atoms with Gasteiger partial charge in [-0.15, -0.1) is 0 Å². The average Bonchev–Trinajstić information content (AvgIpc) is 3.25. The minimum Gasteiger partial charge on any atom is -0.373 e. The molecule has 1 aromatic heterocycles. The number of hydrogen-bond donors (Lipinski definition) is 1. The lowest BCUT2D eigenvalue weighted by atomic mass is 10.2. The van der Waals surface area contributed by atoms with Gasteiger partial charge in [0.15, 0.2) is 0 Å². The lowest BCUT2D eigenvalue weighted by Gasteiger charge is -2.22. The van der Waals surface area contributed by atoms with Gasteiger partial charge >= 0.3 is 0 Å². The molecule has 2 aliphatic carbocycles. The van der Waals surface area contributed by atoms with E-state index in [0.717, 1.165) is 24.2 Å². The zero-order valence-electron chi connectivity index (χ0n) is 11.2.